The highest BCUT2D eigenvalue weighted by Gasteiger charge is 2.30. The SMILES string of the molecule is COc1ccc(COC(=O)C(CC(N)=S)NC(=O)OCC2c3ccccc3-c3ccccc32)cc1. The summed E-state index contributed by atoms with van der Waals surface area (Å²) in [6.45, 7) is 0.156. The normalized spacial score (nSPS) is 12.7. The molecule has 35 heavy (non-hydrogen) atoms. The minimum Gasteiger partial charge on any atom is -0.497 e. The quantitative estimate of drug-likeness (QED) is 0.340. The predicted molar refractivity (Wildman–Crippen MR) is 136 cm³/mol. The van der Waals surface area contributed by atoms with Crippen LogP contribution in [-0.4, -0.2) is 36.8 Å². The van der Waals surface area contributed by atoms with Crippen molar-refractivity contribution in [1.82, 2.24) is 5.32 Å². The molecular weight excluding hydrogens is 464 g/mol. The average molecular weight is 491 g/mol. The van der Waals surface area contributed by atoms with Crippen LogP contribution in [0.2, 0.25) is 0 Å². The van der Waals surface area contributed by atoms with E-state index < -0.39 is 18.1 Å². The Labute approximate surface area is 209 Å². The lowest BCUT2D eigenvalue weighted by molar-refractivity contribution is -0.147. The highest BCUT2D eigenvalue weighted by atomic mass is 32.1. The standard InChI is InChI=1S/C27H26N2O5S/c1-32-18-12-10-17(11-13-18)15-33-26(30)24(14-25(28)35)29-27(31)34-16-23-21-8-4-2-6-19(21)20-7-3-5-9-22(20)23/h2-13,23-24H,14-16H2,1H3,(H2,28,35)(H,29,31). The van der Waals surface area contributed by atoms with E-state index in [-0.39, 0.29) is 30.5 Å². The van der Waals surface area contributed by atoms with Gasteiger partial charge in [-0.1, -0.05) is 72.9 Å². The van der Waals surface area contributed by atoms with Crippen molar-refractivity contribution in [3.05, 3.63) is 89.5 Å². The van der Waals surface area contributed by atoms with Gasteiger partial charge in [0.05, 0.1) is 12.1 Å². The molecule has 0 bridgehead atoms. The van der Waals surface area contributed by atoms with Gasteiger partial charge in [0.15, 0.2) is 0 Å². The molecule has 1 amide bonds. The highest BCUT2D eigenvalue weighted by molar-refractivity contribution is 7.80. The molecule has 0 spiro atoms. The lowest BCUT2D eigenvalue weighted by Crippen LogP contribution is -2.44. The number of rotatable bonds is 9. The van der Waals surface area contributed by atoms with Crippen LogP contribution in [0.4, 0.5) is 4.79 Å². The average Bonchev–Trinajstić information content (AvgIpc) is 3.19. The Morgan fingerprint density at radius 2 is 1.54 bits per heavy atom. The maximum Gasteiger partial charge on any atom is 0.407 e. The molecule has 180 valence electrons. The number of hydrogen-bond acceptors (Lipinski definition) is 6. The summed E-state index contributed by atoms with van der Waals surface area (Å²) in [5, 5.41) is 2.55. The molecule has 1 aliphatic carbocycles. The number of fused-ring (bicyclic) bond motifs is 3. The maximum absolute atomic E-state index is 12.7. The number of ether oxygens (including phenoxy) is 3. The molecule has 0 fully saturated rings. The Morgan fingerprint density at radius 3 is 2.11 bits per heavy atom. The van der Waals surface area contributed by atoms with Gasteiger partial charge in [0.1, 0.15) is 25.0 Å². The smallest absolute Gasteiger partial charge is 0.407 e. The zero-order valence-electron chi connectivity index (χ0n) is 19.2. The zero-order valence-corrected chi connectivity index (χ0v) is 20.0. The first-order valence-corrected chi connectivity index (χ1v) is 11.6. The maximum atomic E-state index is 12.7. The van der Waals surface area contributed by atoms with Crippen LogP contribution in [0.25, 0.3) is 11.1 Å². The summed E-state index contributed by atoms with van der Waals surface area (Å²) in [5.41, 5.74) is 10.9. The Bertz CT molecular complexity index is 1180. The van der Waals surface area contributed by atoms with E-state index >= 15 is 0 Å². The minimum absolute atomic E-state index is 0.0308. The highest BCUT2D eigenvalue weighted by Crippen LogP contribution is 2.44. The second-order valence-electron chi connectivity index (χ2n) is 8.15. The number of amides is 1. The number of hydrogen-bond donors (Lipinski definition) is 2. The van der Waals surface area contributed by atoms with E-state index in [0.29, 0.717) is 5.75 Å². The summed E-state index contributed by atoms with van der Waals surface area (Å²) < 4.78 is 16.0. The largest absolute Gasteiger partial charge is 0.497 e. The van der Waals surface area contributed by atoms with Crippen molar-refractivity contribution in [2.75, 3.05) is 13.7 Å². The van der Waals surface area contributed by atoms with E-state index in [9.17, 15) is 9.59 Å². The molecule has 3 N–H and O–H groups in total. The first kappa shape index (κ1) is 24.2. The van der Waals surface area contributed by atoms with Gasteiger partial charge in [-0.15, -0.1) is 0 Å². The number of methoxy groups -OCH3 is 1. The number of nitrogens with one attached hydrogen (secondary N) is 1. The van der Waals surface area contributed by atoms with Crippen molar-refractivity contribution >= 4 is 29.3 Å². The van der Waals surface area contributed by atoms with Crippen molar-refractivity contribution in [2.45, 2.75) is 25.0 Å². The molecule has 4 rings (SSSR count). The van der Waals surface area contributed by atoms with Crippen molar-refractivity contribution < 1.29 is 23.8 Å². The van der Waals surface area contributed by atoms with Gasteiger partial charge in [0.2, 0.25) is 0 Å². The number of thiocarbonyl (C=S) groups is 1. The Hall–Kier alpha value is -3.91. The topological polar surface area (TPSA) is 99.9 Å². The molecule has 8 heteroatoms. The molecule has 0 aromatic heterocycles. The third-order valence-electron chi connectivity index (χ3n) is 5.87. The molecule has 7 nitrogen and oxygen atoms in total. The van der Waals surface area contributed by atoms with E-state index in [4.69, 9.17) is 32.2 Å². The summed E-state index contributed by atoms with van der Waals surface area (Å²) >= 11 is 4.95. The monoisotopic (exact) mass is 490 g/mol. The van der Waals surface area contributed by atoms with Crippen molar-refractivity contribution in [3.8, 4) is 16.9 Å². The number of carbonyl (C=O) groups is 2. The molecule has 0 saturated heterocycles. The van der Waals surface area contributed by atoms with Crippen LogP contribution in [0.3, 0.4) is 0 Å². The first-order chi connectivity index (χ1) is 17.0. The van der Waals surface area contributed by atoms with Gasteiger partial charge in [0, 0.05) is 12.3 Å². The molecule has 1 aliphatic rings. The molecule has 0 heterocycles. The van der Waals surface area contributed by atoms with E-state index in [0.717, 1.165) is 27.8 Å². The molecular formula is C27H26N2O5S. The second kappa shape index (κ2) is 11.0. The summed E-state index contributed by atoms with van der Waals surface area (Å²) in [6, 6.07) is 22.2. The molecule has 1 atom stereocenters. The Balaban J connectivity index is 1.37. The fraction of sp³-hybridized carbons (Fsp3) is 0.222. The van der Waals surface area contributed by atoms with Gasteiger partial charge in [-0.2, -0.15) is 0 Å². The summed E-state index contributed by atoms with van der Waals surface area (Å²) in [7, 11) is 1.57. The number of alkyl carbamates (subject to hydrolysis) is 1. The lowest BCUT2D eigenvalue weighted by Gasteiger charge is -2.19. The van der Waals surface area contributed by atoms with Crippen LogP contribution in [0.1, 0.15) is 29.0 Å². The van der Waals surface area contributed by atoms with Crippen molar-refractivity contribution in [2.24, 2.45) is 5.73 Å². The van der Waals surface area contributed by atoms with Gasteiger partial charge >= 0.3 is 12.1 Å². The van der Waals surface area contributed by atoms with Crippen LogP contribution in [0.15, 0.2) is 72.8 Å². The van der Waals surface area contributed by atoms with Crippen LogP contribution in [-0.2, 0) is 20.9 Å². The van der Waals surface area contributed by atoms with Gasteiger partial charge in [-0.25, -0.2) is 9.59 Å². The van der Waals surface area contributed by atoms with Crippen LogP contribution in [0.5, 0.6) is 5.75 Å². The lowest BCUT2D eigenvalue weighted by atomic mass is 9.98. The van der Waals surface area contributed by atoms with E-state index in [2.05, 4.69) is 17.4 Å². The molecule has 0 aliphatic heterocycles. The molecule has 0 radical (unpaired) electrons. The number of benzene rings is 3. The van der Waals surface area contributed by atoms with Gasteiger partial charge < -0.3 is 25.3 Å². The summed E-state index contributed by atoms with van der Waals surface area (Å²) in [6.07, 6.45) is -0.782. The fourth-order valence-corrected chi connectivity index (χ4v) is 4.32. The van der Waals surface area contributed by atoms with E-state index in [1.54, 1.807) is 31.4 Å². The zero-order chi connectivity index (χ0) is 24.8. The fourth-order valence-electron chi connectivity index (χ4n) is 4.15. The molecule has 3 aromatic rings. The Kier molecular flexibility index (Phi) is 7.62. The van der Waals surface area contributed by atoms with E-state index in [1.807, 2.05) is 36.4 Å². The number of carbonyl (C=O) groups excluding carboxylic acids is 2. The van der Waals surface area contributed by atoms with Gasteiger partial charge in [-0.05, 0) is 39.9 Å². The molecule has 0 saturated carbocycles. The third-order valence-corrected chi connectivity index (χ3v) is 6.03. The van der Waals surface area contributed by atoms with Gasteiger partial charge in [-0.3, -0.25) is 0 Å². The second-order valence-corrected chi connectivity index (χ2v) is 8.67. The van der Waals surface area contributed by atoms with Crippen molar-refractivity contribution in [3.63, 3.8) is 0 Å². The minimum atomic E-state index is -1.05. The van der Waals surface area contributed by atoms with E-state index in [1.165, 1.54) is 0 Å². The number of esters is 1. The third kappa shape index (κ3) is 5.78. The number of nitrogens with two attached hydrogens (primary N) is 1. The summed E-state index contributed by atoms with van der Waals surface area (Å²) in [4.78, 5) is 25.4. The Morgan fingerprint density at radius 1 is 0.943 bits per heavy atom. The summed E-state index contributed by atoms with van der Waals surface area (Å²) in [5.74, 6) is -0.0466. The van der Waals surface area contributed by atoms with Crippen LogP contribution < -0.4 is 15.8 Å². The van der Waals surface area contributed by atoms with Crippen LogP contribution >= 0.6 is 12.2 Å². The predicted octanol–water partition coefficient (Wildman–Crippen LogP) is 4.32. The molecule has 1 unspecified atom stereocenters. The van der Waals surface area contributed by atoms with Gasteiger partial charge in [0.25, 0.3) is 0 Å². The molecule has 3 aromatic carbocycles. The van der Waals surface area contributed by atoms with Crippen LogP contribution in [0, 0.1) is 0 Å². The van der Waals surface area contributed by atoms with Crippen molar-refractivity contribution in [1.29, 1.82) is 0 Å². The first-order valence-electron chi connectivity index (χ1n) is 11.2.